The molecular weight excluding hydrogens is 350 g/mol. The molecule has 1 amide bonds. The van der Waals surface area contributed by atoms with Crippen LogP contribution in [0.2, 0.25) is 0 Å². The SMILES string of the molecule is CC(C)(C)OC(=O)N[C@@H](Cc1ccccc1)C(=O)CSCc1ccco1. The van der Waals surface area contributed by atoms with Gasteiger partial charge < -0.3 is 14.5 Å². The number of hydrogen-bond donors (Lipinski definition) is 1. The zero-order valence-electron chi connectivity index (χ0n) is 15.4. The first-order valence-corrected chi connectivity index (χ1v) is 9.65. The summed E-state index contributed by atoms with van der Waals surface area (Å²) in [7, 11) is 0. The molecule has 1 N–H and O–H groups in total. The molecule has 1 aromatic heterocycles. The van der Waals surface area contributed by atoms with Gasteiger partial charge in [-0.05, 0) is 44.9 Å². The van der Waals surface area contributed by atoms with Crippen LogP contribution in [0.1, 0.15) is 32.1 Å². The molecule has 0 aliphatic heterocycles. The van der Waals surface area contributed by atoms with Crippen LogP contribution >= 0.6 is 11.8 Å². The molecule has 140 valence electrons. The Kier molecular flexibility index (Phi) is 7.33. The van der Waals surface area contributed by atoms with Gasteiger partial charge in [-0.25, -0.2) is 4.79 Å². The highest BCUT2D eigenvalue weighted by Gasteiger charge is 2.24. The lowest BCUT2D eigenvalue weighted by molar-refractivity contribution is -0.118. The van der Waals surface area contributed by atoms with Crippen LogP contribution in [0.4, 0.5) is 4.79 Å². The van der Waals surface area contributed by atoms with E-state index >= 15 is 0 Å². The van der Waals surface area contributed by atoms with Gasteiger partial charge in [-0.15, -0.1) is 11.8 Å². The quantitative estimate of drug-likeness (QED) is 0.748. The summed E-state index contributed by atoms with van der Waals surface area (Å²) in [5.41, 5.74) is 0.372. The van der Waals surface area contributed by atoms with Gasteiger partial charge in [0.2, 0.25) is 0 Å². The molecule has 2 rings (SSSR count). The van der Waals surface area contributed by atoms with Gasteiger partial charge in [0, 0.05) is 0 Å². The average Bonchev–Trinajstić information content (AvgIpc) is 3.06. The second kappa shape index (κ2) is 9.48. The maximum atomic E-state index is 12.7. The molecule has 0 saturated carbocycles. The number of carbonyl (C=O) groups excluding carboxylic acids is 2. The van der Waals surface area contributed by atoms with Crippen molar-refractivity contribution in [1.82, 2.24) is 5.32 Å². The maximum absolute atomic E-state index is 12.7. The minimum Gasteiger partial charge on any atom is -0.468 e. The second-order valence-corrected chi connectivity index (χ2v) is 7.91. The molecule has 26 heavy (non-hydrogen) atoms. The monoisotopic (exact) mass is 375 g/mol. The fraction of sp³-hybridized carbons (Fsp3) is 0.400. The lowest BCUT2D eigenvalue weighted by Crippen LogP contribution is -2.45. The van der Waals surface area contributed by atoms with Crippen molar-refractivity contribution in [3.05, 3.63) is 60.1 Å². The summed E-state index contributed by atoms with van der Waals surface area (Å²) in [5.74, 6) is 1.68. The van der Waals surface area contributed by atoms with Gasteiger partial charge in [-0.2, -0.15) is 0 Å². The number of carbonyl (C=O) groups is 2. The largest absolute Gasteiger partial charge is 0.468 e. The molecule has 1 aromatic carbocycles. The van der Waals surface area contributed by atoms with E-state index in [-0.39, 0.29) is 11.5 Å². The normalized spacial score (nSPS) is 12.4. The molecule has 0 aliphatic carbocycles. The molecule has 0 saturated heterocycles. The zero-order chi connectivity index (χ0) is 19.0. The van der Waals surface area contributed by atoms with Crippen LogP contribution in [0.25, 0.3) is 0 Å². The van der Waals surface area contributed by atoms with E-state index in [9.17, 15) is 9.59 Å². The standard InChI is InChI=1S/C20H25NO4S/c1-20(2,3)25-19(23)21-17(12-15-8-5-4-6-9-15)18(22)14-26-13-16-10-7-11-24-16/h4-11,17H,12-14H2,1-3H3,(H,21,23)/t17-/m0/s1. The fourth-order valence-corrected chi connectivity index (χ4v) is 3.16. The summed E-state index contributed by atoms with van der Waals surface area (Å²) in [5, 5.41) is 2.72. The molecule has 0 unspecified atom stereocenters. The molecule has 5 nitrogen and oxygen atoms in total. The van der Waals surface area contributed by atoms with Crippen LogP contribution < -0.4 is 5.32 Å². The molecule has 0 radical (unpaired) electrons. The van der Waals surface area contributed by atoms with Gasteiger partial charge in [-0.1, -0.05) is 30.3 Å². The summed E-state index contributed by atoms with van der Waals surface area (Å²) in [6.07, 6.45) is 1.46. The molecule has 2 aromatic rings. The minimum absolute atomic E-state index is 0.0451. The van der Waals surface area contributed by atoms with E-state index in [0.29, 0.717) is 12.2 Å². The number of nitrogens with one attached hydrogen (secondary N) is 1. The number of benzene rings is 1. The number of rotatable bonds is 8. The first kappa shape index (κ1) is 20.1. The van der Waals surface area contributed by atoms with Crippen molar-refractivity contribution in [2.75, 3.05) is 5.75 Å². The van der Waals surface area contributed by atoms with Crippen molar-refractivity contribution >= 4 is 23.6 Å². The lowest BCUT2D eigenvalue weighted by Gasteiger charge is -2.23. The Morgan fingerprint density at radius 1 is 1.15 bits per heavy atom. The first-order chi connectivity index (χ1) is 12.3. The molecule has 0 fully saturated rings. The van der Waals surface area contributed by atoms with Crippen LogP contribution in [0.15, 0.2) is 53.1 Å². The highest BCUT2D eigenvalue weighted by Crippen LogP contribution is 2.15. The predicted molar refractivity (Wildman–Crippen MR) is 103 cm³/mol. The van der Waals surface area contributed by atoms with E-state index < -0.39 is 17.7 Å². The second-order valence-electron chi connectivity index (χ2n) is 6.93. The number of Topliss-reactive ketones (excluding diaryl/α,β-unsaturated/α-hetero) is 1. The van der Waals surface area contributed by atoms with Crippen LogP contribution in [0.5, 0.6) is 0 Å². The lowest BCUT2D eigenvalue weighted by atomic mass is 10.0. The third kappa shape index (κ3) is 7.35. The van der Waals surface area contributed by atoms with Gasteiger partial charge >= 0.3 is 6.09 Å². The van der Waals surface area contributed by atoms with Gasteiger partial charge in [-0.3, -0.25) is 4.79 Å². The van der Waals surface area contributed by atoms with Crippen molar-refractivity contribution < 1.29 is 18.7 Å². The molecule has 1 atom stereocenters. The minimum atomic E-state index is -0.628. The third-order valence-corrected chi connectivity index (χ3v) is 4.41. The Bertz CT molecular complexity index is 692. The summed E-state index contributed by atoms with van der Waals surface area (Å²) in [6.45, 7) is 5.37. The van der Waals surface area contributed by atoms with Crippen molar-refractivity contribution in [1.29, 1.82) is 0 Å². The molecular formula is C20H25NO4S. The van der Waals surface area contributed by atoms with Crippen molar-refractivity contribution in [2.45, 2.75) is 44.6 Å². The smallest absolute Gasteiger partial charge is 0.408 e. The Morgan fingerprint density at radius 3 is 2.50 bits per heavy atom. The number of ether oxygens (including phenoxy) is 1. The molecule has 1 heterocycles. The van der Waals surface area contributed by atoms with Crippen LogP contribution in [0, 0.1) is 0 Å². The van der Waals surface area contributed by atoms with Gasteiger partial charge in [0.1, 0.15) is 11.4 Å². The van der Waals surface area contributed by atoms with E-state index in [4.69, 9.17) is 9.15 Å². The predicted octanol–water partition coefficient (Wildman–Crippen LogP) is 4.22. The third-order valence-electron chi connectivity index (χ3n) is 3.43. The van der Waals surface area contributed by atoms with Crippen LogP contribution in [0.3, 0.4) is 0 Å². The van der Waals surface area contributed by atoms with Gasteiger partial charge in [0.25, 0.3) is 0 Å². The van der Waals surface area contributed by atoms with Crippen LogP contribution in [-0.2, 0) is 21.7 Å². The molecule has 0 bridgehead atoms. The van der Waals surface area contributed by atoms with E-state index in [1.165, 1.54) is 11.8 Å². The average molecular weight is 375 g/mol. The number of furan rings is 1. The molecule has 0 spiro atoms. The van der Waals surface area contributed by atoms with Crippen molar-refractivity contribution in [3.63, 3.8) is 0 Å². The Morgan fingerprint density at radius 2 is 1.88 bits per heavy atom. The Labute approximate surface area is 158 Å². The molecule has 6 heteroatoms. The Hall–Kier alpha value is -2.21. The summed E-state index contributed by atoms with van der Waals surface area (Å²) >= 11 is 1.46. The number of amides is 1. The fourth-order valence-electron chi connectivity index (χ4n) is 2.29. The van der Waals surface area contributed by atoms with E-state index in [1.54, 1.807) is 27.0 Å². The number of hydrogen-bond acceptors (Lipinski definition) is 5. The zero-order valence-corrected chi connectivity index (χ0v) is 16.2. The number of ketones is 1. The van der Waals surface area contributed by atoms with Gasteiger partial charge in [0.05, 0.1) is 23.8 Å². The Balaban J connectivity index is 1.96. The van der Waals surface area contributed by atoms with Crippen LogP contribution in [-0.4, -0.2) is 29.3 Å². The van der Waals surface area contributed by atoms with Crippen molar-refractivity contribution in [2.24, 2.45) is 0 Å². The number of thioether (sulfide) groups is 1. The topological polar surface area (TPSA) is 68.5 Å². The summed E-state index contributed by atoms with van der Waals surface area (Å²) in [6, 6.07) is 12.7. The number of alkyl carbamates (subject to hydrolysis) is 1. The highest BCUT2D eigenvalue weighted by molar-refractivity contribution is 7.99. The van der Waals surface area contributed by atoms with E-state index in [0.717, 1.165) is 11.3 Å². The van der Waals surface area contributed by atoms with E-state index in [2.05, 4.69) is 5.32 Å². The van der Waals surface area contributed by atoms with Gasteiger partial charge in [0.15, 0.2) is 5.78 Å². The summed E-state index contributed by atoms with van der Waals surface area (Å²) in [4.78, 5) is 24.8. The first-order valence-electron chi connectivity index (χ1n) is 8.50. The molecule has 0 aliphatic rings. The van der Waals surface area contributed by atoms with E-state index in [1.807, 2.05) is 42.5 Å². The highest BCUT2D eigenvalue weighted by atomic mass is 32.2. The summed E-state index contributed by atoms with van der Waals surface area (Å²) < 4.78 is 10.6. The van der Waals surface area contributed by atoms with Crippen molar-refractivity contribution in [3.8, 4) is 0 Å². The maximum Gasteiger partial charge on any atom is 0.408 e.